The molecule has 1 aromatic heterocycles. The van der Waals surface area contributed by atoms with E-state index in [1.165, 1.54) is 6.33 Å². The zero-order valence-corrected chi connectivity index (χ0v) is 10.7. The van der Waals surface area contributed by atoms with Crippen LogP contribution >= 0.6 is 0 Å². The number of nitrogens with one attached hydrogen (secondary N) is 2. The fourth-order valence-corrected chi connectivity index (χ4v) is 2.66. The summed E-state index contributed by atoms with van der Waals surface area (Å²) in [6, 6.07) is -0.427. The highest BCUT2D eigenvalue weighted by atomic mass is 19.4. The van der Waals surface area contributed by atoms with Gasteiger partial charge >= 0.3 is 6.18 Å². The molecule has 1 aliphatic rings. The maximum atomic E-state index is 12.9. The van der Waals surface area contributed by atoms with Gasteiger partial charge in [0.2, 0.25) is 0 Å². The topological polar surface area (TPSA) is 53.6 Å². The maximum absolute atomic E-state index is 12.9. The van der Waals surface area contributed by atoms with Crippen molar-refractivity contribution in [3.05, 3.63) is 12.2 Å². The summed E-state index contributed by atoms with van der Waals surface area (Å²) in [5, 5.41) is 9.53. The van der Waals surface area contributed by atoms with Crippen molar-refractivity contribution in [3.63, 3.8) is 0 Å². The lowest BCUT2D eigenvalue weighted by Gasteiger charge is -2.33. The van der Waals surface area contributed by atoms with Crippen molar-refractivity contribution >= 4 is 0 Å². The van der Waals surface area contributed by atoms with Crippen molar-refractivity contribution in [2.45, 2.75) is 50.7 Å². The molecule has 19 heavy (non-hydrogen) atoms. The molecule has 1 saturated carbocycles. The molecule has 4 nitrogen and oxygen atoms in total. The zero-order chi connectivity index (χ0) is 13.7. The van der Waals surface area contributed by atoms with E-state index in [0.717, 1.165) is 18.7 Å². The van der Waals surface area contributed by atoms with Crippen molar-refractivity contribution in [2.75, 3.05) is 6.54 Å². The predicted molar refractivity (Wildman–Crippen MR) is 64.5 cm³/mol. The van der Waals surface area contributed by atoms with Gasteiger partial charge in [-0.05, 0) is 25.8 Å². The largest absolute Gasteiger partial charge is 0.393 e. The molecular formula is C12H19F3N4. The summed E-state index contributed by atoms with van der Waals surface area (Å²) in [5.74, 6) is -0.413. The molecule has 0 saturated heterocycles. The predicted octanol–water partition coefficient (Wildman–Crippen LogP) is 2.45. The van der Waals surface area contributed by atoms with Gasteiger partial charge in [0.1, 0.15) is 12.2 Å². The molecule has 1 heterocycles. The van der Waals surface area contributed by atoms with Gasteiger partial charge in [0, 0.05) is 12.5 Å². The molecule has 7 heteroatoms. The molecule has 1 aliphatic carbocycles. The van der Waals surface area contributed by atoms with E-state index in [2.05, 4.69) is 20.5 Å². The minimum absolute atomic E-state index is 0.253. The van der Waals surface area contributed by atoms with Crippen LogP contribution in [0.2, 0.25) is 0 Å². The van der Waals surface area contributed by atoms with Gasteiger partial charge in [-0.2, -0.15) is 18.3 Å². The van der Waals surface area contributed by atoms with Crippen LogP contribution in [0.1, 0.15) is 37.9 Å². The molecular weight excluding hydrogens is 257 g/mol. The number of nitrogens with zero attached hydrogens (tertiary/aromatic N) is 2. The second-order valence-electron chi connectivity index (χ2n) is 5.03. The van der Waals surface area contributed by atoms with Gasteiger partial charge in [0.15, 0.2) is 0 Å². The van der Waals surface area contributed by atoms with Crippen LogP contribution < -0.4 is 5.32 Å². The molecule has 0 aliphatic heterocycles. The Morgan fingerprint density at radius 1 is 1.32 bits per heavy atom. The van der Waals surface area contributed by atoms with Crippen molar-refractivity contribution in [3.8, 4) is 0 Å². The minimum Gasteiger partial charge on any atom is -0.313 e. The van der Waals surface area contributed by atoms with E-state index in [1.54, 1.807) is 0 Å². The van der Waals surface area contributed by atoms with Gasteiger partial charge in [-0.25, -0.2) is 4.98 Å². The normalized spacial score (nSPS) is 24.6. The van der Waals surface area contributed by atoms with Gasteiger partial charge in [-0.3, -0.25) is 5.10 Å². The molecule has 0 aromatic carbocycles. The van der Waals surface area contributed by atoms with Crippen molar-refractivity contribution < 1.29 is 13.2 Å². The Kier molecular flexibility index (Phi) is 4.79. The Morgan fingerprint density at radius 3 is 2.79 bits per heavy atom. The Balaban J connectivity index is 1.74. The van der Waals surface area contributed by atoms with E-state index in [9.17, 15) is 13.2 Å². The van der Waals surface area contributed by atoms with Crippen molar-refractivity contribution in [2.24, 2.45) is 5.92 Å². The maximum Gasteiger partial charge on any atom is 0.393 e. The SMILES string of the molecule is FC(F)(F)C1CCCCC1NCCCc1ncn[nH]1. The zero-order valence-electron chi connectivity index (χ0n) is 10.7. The quantitative estimate of drug-likeness (QED) is 0.812. The summed E-state index contributed by atoms with van der Waals surface area (Å²) in [5.41, 5.74) is 0. The van der Waals surface area contributed by atoms with E-state index >= 15 is 0 Å². The third-order valence-corrected chi connectivity index (χ3v) is 3.65. The Hall–Kier alpha value is -1.11. The van der Waals surface area contributed by atoms with Gasteiger partial charge < -0.3 is 5.32 Å². The molecule has 0 radical (unpaired) electrons. The molecule has 0 spiro atoms. The number of halogens is 3. The van der Waals surface area contributed by atoms with Crippen LogP contribution in [-0.4, -0.2) is 33.9 Å². The number of aromatic nitrogens is 3. The highest BCUT2D eigenvalue weighted by Crippen LogP contribution is 2.37. The minimum atomic E-state index is -4.08. The molecule has 0 amide bonds. The van der Waals surface area contributed by atoms with E-state index < -0.39 is 18.1 Å². The molecule has 108 valence electrons. The fraction of sp³-hybridized carbons (Fsp3) is 0.833. The van der Waals surface area contributed by atoms with Crippen LogP contribution in [-0.2, 0) is 6.42 Å². The van der Waals surface area contributed by atoms with E-state index in [-0.39, 0.29) is 6.42 Å². The molecule has 2 unspecified atom stereocenters. The smallest absolute Gasteiger partial charge is 0.313 e. The molecule has 1 fully saturated rings. The van der Waals surface area contributed by atoms with Crippen LogP contribution in [0.5, 0.6) is 0 Å². The Morgan fingerprint density at radius 2 is 2.11 bits per heavy atom. The third kappa shape index (κ3) is 4.19. The highest BCUT2D eigenvalue weighted by Gasteiger charge is 2.45. The van der Waals surface area contributed by atoms with Crippen LogP contribution in [0.4, 0.5) is 13.2 Å². The second-order valence-corrected chi connectivity index (χ2v) is 5.03. The summed E-state index contributed by atoms with van der Waals surface area (Å²) in [4.78, 5) is 3.98. The standard InChI is InChI=1S/C12H19F3N4/c13-12(14,15)9-4-1-2-5-10(9)16-7-3-6-11-17-8-18-19-11/h8-10,16H,1-7H2,(H,17,18,19). The van der Waals surface area contributed by atoms with Gasteiger partial charge in [0.05, 0.1) is 5.92 Å². The number of H-pyrrole nitrogens is 1. The Labute approximate surface area is 110 Å². The summed E-state index contributed by atoms with van der Waals surface area (Å²) in [6.45, 7) is 0.581. The molecule has 0 bridgehead atoms. The summed E-state index contributed by atoms with van der Waals surface area (Å²) in [6.07, 6.45) is 1.25. The second kappa shape index (κ2) is 6.36. The Bertz CT molecular complexity index is 364. The fourth-order valence-electron chi connectivity index (χ4n) is 2.66. The van der Waals surface area contributed by atoms with E-state index in [1.807, 2.05) is 0 Å². The lowest BCUT2D eigenvalue weighted by Crippen LogP contribution is -2.45. The first-order chi connectivity index (χ1) is 9.07. The monoisotopic (exact) mass is 276 g/mol. The van der Waals surface area contributed by atoms with Crippen LogP contribution in [0.3, 0.4) is 0 Å². The lowest BCUT2D eigenvalue weighted by atomic mass is 9.84. The first kappa shape index (κ1) is 14.3. The van der Waals surface area contributed by atoms with Crippen LogP contribution in [0.25, 0.3) is 0 Å². The van der Waals surface area contributed by atoms with E-state index in [4.69, 9.17) is 0 Å². The first-order valence-electron chi connectivity index (χ1n) is 6.71. The van der Waals surface area contributed by atoms with Gasteiger partial charge in [-0.1, -0.05) is 12.8 Å². The number of aryl methyl sites for hydroxylation is 1. The molecule has 2 N–H and O–H groups in total. The third-order valence-electron chi connectivity index (χ3n) is 3.65. The molecule has 1 aromatic rings. The van der Waals surface area contributed by atoms with Crippen molar-refractivity contribution in [1.29, 1.82) is 0 Å². The summed E-state index contributed by atoms with van der Waals surface area (Å²) >= 11 is 0. The highest BCUT2D eigenvalue weighted by molar-refractivity contribution is 4.86. The number of alkyl halides is 3. The van der Waals surface area contributed by atoms with Crippen molar-refractivity contribution in [1.82, 2.24) is 20.5 Å². The average Bonchev–Trinajstić information content (AvgIpc) is 2.87. The number of hydrogen-bond acceptors (Lipinski definition) is 3. The number of rotatable bonds is 5. The molecule has 2 rings (SSSR count). The first-order valence-corrected chi connectivity index (χ1v) is 6.71. The number of hydrogen-bond donors (Lipinski definition) is 2. The van der Waals surface area contributed by atoms with Gasteiger partial charge in [-0.15, -0.1) is 0 Å². The molecule has 2 atom stereocenters. The van der Waals surface area contributed by atoms with Crippen LogP contribution in [0.15, 0.2) is 6.33 Å². The summed E-state index contributed by atoms with van der Waals surface area (Å²) < 4.78 is 38.6. The van der Waals surface area contributed by atoms with Crippen LogP contribution in [0, 0.1) is 5.92 Å². The lowest BCUT2D eigenvalue weighted by molar-refractivity contribution is -0.188. The van der Waals surface area contributed by atoms with E-state index in [0.29, 0.717) is 25.8 Å². The van der Waals surface area contributed by atoms with Gasteiger partial charge in [0.25, 0.3) is 0 Å². The summed E-state index contributed by atoms with van der Waals surface area (Å²) in [7, 11) is 0. The average molecular weight is 276 g/mol. The number of aromatic amines is 1.